The molecule has 2 atom stereocenters. The van der Waals surface area contributed by atoms with Gasteiger partial charge in [0.2, 0.25) is 0 Å². The molecule has 2 amide bonds. The van der Waals surface area contributed by atoms with E-state index in [1.54, 1.807) is 0 Å². The van der Waals surface area contributed by atoms with Gasteiger partial charge in [-0.3, -0.25) is 0 Å². The molecule has 0 unspecified atom stereocenters. The predicted octanol–water partition coefficient (Wildman–Crippen LogP) is 2.93. The SMILES string of the molecule is COC(=O)[C@H](CC(C)C)NC(=O)N1CCc2[nH]cnc2[C@H]1c1ccc(F)cc1F. The number of aromatic amines is 1. The molecule has 0 saturated heterocycles. The van der Waals surface area contributed by atoms with Crippen molar-refractivity contribution in [2.45, 2.75) is 38.8 Å². The number of imidazole rings is 1. The van der Waals surface area contributed by atoms with Crippen LogP contribution in [-0.2, 0) is 16.0 Å². The monoisotopic (exact) mass is 406 g/mol. The molecule has 1 aliphatic rings. The van der Waals surface area contributed by atoms with Crippen LogP contribution in [0.1, 0.15) is 43.3 Å². The van der Waals surface area contributed by atoms with Gasteiger partial charge in [0, 0.05) is 30.3 Å². The number of hydrogen-bond acceptors (Lipinski definition) is 4. The van der Waals surface area contributed by atoms with E-state index in [0.717, 1.165) is 17.8 Å². The Bertz CT molecular complexity index is 900. The van der Waals surface area contributed by atoms with Crippen molar-refractivity contribution in [2.24, 2.45) is 5.92 Å². The number of benzene rings is 1. The van der Waals surface area contributed by atoms with Crippen molar-refractivity contribution in [3.63, 3.8) is 0 Å². The van der Waals surface area contributed by atoms with Crippen LogP contribution in [0.2, 0.25) is 0 Å². The second-order valence-electron chi connectivity index (χ2n) is 7.43. The first-order valence-corrected chi connectivity index (χ1v) is 9.43. The van der Waals surface area contributed by atoms with Gasteiger partial charge in [-0.1, -0.05) is 19.9 Å². The number of methoxy groups -OCH3 is 1. The average molecular weight is 406 g/mol. The molecule has 156 valence electrons. The molecule has 0 saturated carbocycles. The quantitative estimate of drug-likeness (QED) is 0.748. The van der Waals surface area contributed by atoms with E-state index in [0.29, 0.717) is 18.5 Å². The molecule has 1 aliphatic heterocycles. The van der Waals surface area contributed by atoms with Crippen molar-refractivity contribution in [3.8, 4) is 0 Å². The molecule has 0 radical (unpaired) electrons. The third-order valence-electron chi connectivity index (χ3n) is 4.93. The fraction of sp³-hybridized carbons (Fsp3) is 0.450. The molecule has 0 bridgehead atoms. The van der Waals surface area contributed by atoms with Crippen molar-refractivity contribution >= 4 is 12.0 Å². The van der Waals surface area contributed by atoms with Crippen LogP contribution in [0.5, 0.6) is 0 Å². The van der Waals surface area contributed by atoms with Crippen molar-refractivity contribution in [1.29, 1.82) is 0 Å². The molecule has 9 heteroatoms. The lowest BCUT2D eigenvalue weighted by molar-refractivity contribution is -0.143. The van der Waals surface area contributed by atoms with Crippen LogP contribution in [0.4, 0.5) is 13.6 Å². The van der Waals surface area contributed by atoms with Gasteiger partial charge in [-0.2, -0.15) is 0 Å². The summed E-state index contributed by atoms with van der Waals surface area (Å²) in [5, 5.41) is 2.70. The number of nitrogens with one attached hydrogen (secondary N) is 2. The molecule has 0 spiro atoms. The Morgan fingerprint density at radius 2 is 2.14 bits per heavy atom. The summed E-state index contributed by atoms with van der Waals surface area (Å²) in [5.41, 5.74) is 1.41. The maximum atomic E-state index is 14.6. The molecule has 1 aromatic heterocycles. The number of hydrogen-bond donors (Lipinski definition) is 2. The first-order valence-electron chi connectivity index (χ1n) is 9.43. The number of fused-ring (bicyclic) bond motifs is 1. The molecule has 0 aliphatic carbocycles. The topological polar surface area (TPSA) is 87.3 Å². The Balaban J connectivity index is 1.93. The molecule has 3 rings (SSSR count). The number of amides is 2. The number of H-pyrrole nitrogens is 1. The smallest absolute Gasteiger partial charge is 0.328 e. The van der Waals surface area contributed by atoms with E-state index in [9.17, 15) is 18.4 Å². The number of carbonyl (C=O) groups excluding carboxylic acids is 2. The van der Waals surface area contributed by atoms with E-state index in [2.05, 4.69) is 15.3 Å². The standard InChI is InChI=1S/C20H24F2N4O3/c1-11(2)8-16(19(27)29-3)25-20(28)26-7-6-15-17(24-10-23-15)18(26)13-5-4-12(21)9-14(13)22/h4-5,9-11,16,18H,6-8H2,1-3H3,(H,23,24)(H,25,28)/t16-,18+/m0/s1. The molecule has 7 nitrogen and oxygen atoms in total. The zero-order valence-electron chi connectivity index (χ0n) is 16.5. The highest BCUT2D eigenvalue weighted by Crippen LogP contribution is 2.35. The minimum atomic E-state index is -0.844. The maximum absolute atomic E-state index is 14.6. The summed E-state index contributed by atoms with van der Waals surface area (Å²) in [7, 11) is 1.26. The lowest BCUT2D eigenvalue weighted by atomic mass is 9.95. The number of nitrogens with zero attached hydrogens (tertiary/aromatic N) is 2. The number of carbonyl (C=O) groups is 2. The van der Waals surface area contributed by atoms with Gasteiger partial charge < -0.3 is 19.9 Å². The first kappa shape index (κ1) is 20.8. The second kappa shape index (κ2) is 8.59. The Morgan fingerprint density at radius 1 is 1.38 bits per heavy atom. The van der Waals surface area contributed by atoms with Gasteiger partial charge in [0.1, 0.15) is 23.7 Å². The molecular weight excluding hydrogens is 382 g/mol. The largest absolute Gasteiger partial charge is 0.467 e. The summed E-state index contributed by atoms with van der Waals surface area (Å²) in [4.78, 5) is 33.8. The fourth-order valence-corrected chi connectivity index (χ4v) is 3.59. The number of rotatable bonds is 5. The Labute approximate surface area is 167 Å². The Hall–Kier alpha value is -2.97. The summed E-state index contributed by atoms with van der Waals surface area (Å²) in [5.74, 6) is -1.88. The first-order chi connectivity index (χ1) is 13.8. The number of ether oxygens (including phenoxy) is 1. The van der Waals surface area contributed by atoms with Crippen LogP contribution in [0.3, 0.4) is 0 Å². The highest BCUT2D eigenvalue weighted by molar-refractivity contribution is 5.84. The van der Waals surface area contributed by atoms with Crippen LogP contribution in [0.25, 0.3) is 0 Å². The third-order valence-corrected chi connectivity index (χ3v) is 4.93. The van der Waals surface area contributed by atoms with Crippen LogP contribution >= 0.6 is 0 Å². The summed E-state index contributed by atoms with van der Waals surface area (Å²) in [6.07, 6.45) is 2.38. The summed E-state index contributed by atoms with van der Waals surface area (Å²) in [6, 6.07) is 1.03. The molecule has 2 heterocycles. The highest BCUT2D eigenvalue weighted by atomic mass is 19.1. The van der Waals surface area contributed by atoms with E-state index < -0.39 is 35.7 Å². The summed E-state index contributed by atoms with van der Waals surface area (Å²) >= 11 is 0. The number of urea groups is 1. The van der Waals surface area contributed by atoms with Crippen LogP contribution in [0.15, 0.2) is 24.5 Å². The minimum absolute atomic E-state index is 0.132. The summed E-state index contributed by atoms with van der Waals surface area (Å²) in [6.45, 7) is 4.13. The molecule has 2 aromatic rings. The van der Waals surface area contributed by atoms with E-state index in [-0.39, 0.29) is 18.0 Å². The maximum Gasteiger partial charge on any atom is 0.328 e. The molecular formula is C20H24F2N4O3. The normalized spacial score (nSPS) is 17.0. The van der Waals surface area contributed by atoms with Crippen LogP contribution < -0.4 is 5.32 Å². The van der Waals surface area contributed by atoms with Crippen molar-refractivity contribution in [2.75, 3.05) is 13.7 Å². The second-order valence-corrected chi connectivity index (χ2v) is 7.43. The van der Waals surface area contributed by atoms with Gasteiger partial charge in [0.15, 0.2) is 0 Å². The van der Waals surface area contributed by atoms with Crippen molar-refractivity contribution in [1.82, 2.24) is 20.2 Å². The minimum Gasteiger partial charge on any atom is -0.467 e. The van der Waals surface area contributed by atoms with Gasteiger partial charge in [-0.15, -0.1) is 0 Å². The van der Waals surface area contributed by atoms with Gasteiger partial charge in [-0.05, 0) is 18.4 Å². The van der Waals surface area contributed by atoms with Gasteiger partial charge >= 0.3 is 12.0 Å². The van der Waals surface area contributed by atoms with E-state index in [1.165, 1.54) is 24.4 Å². The molecule has 29 heavy (non-hydrogen) atoms. The fourth-order valence-electron chi connectivity index (χ4n) is 3.59. The zero-order chi connectivity index (χ0) is 21.1. The Morgan fingerprint density at radius 3 is 2.79 bits per heavy atom. The zero-order valence-corrected chi connectivity index (χ0v) is 16.5. The highest BCUT2D eigenvalue weighted by Gasteiger charge is 2.37. The predicted molar refractivity (Wildman–Crippen MR) is 101 cm³/mol. The third kappa shape index (κ3) is 4.38. The number of aromatic nitrogens is 2. The lowest BCUT2D eigenvalue weighted by Crippen LogP contribution is -2.51. The molecule has 0 fully saturated rings. The average Bonchev–Trinajstić information content (AvgIpc) is 3.15. The number of esters is 1. The van der Waals surface area contributed by atoms with E-state index >= 15 is 0 Å². The lowest BCUT2D eigenvalue weighted by Gasteiger charge is -2.36. The van der Waals surface area contributed by atoms with E-state index in [4.69, 9.17) is 4.74 Å². The van der Waals surface area contributed by atoms with Gasteiger partial charge in [-0.25, -0.2) is 23.4 Å². The molecule has 2 N–H and O–H groups in total. The Kier molecular flexibility index (Phi) is 6.14. The summed E-state index contributed by atoms with van der Waals surface area (Å²) < 4.78 is 32.8. The van der Waals surface area contributed by atoms with Crippen molar-refractivity contribution < 1.29 is 23.1 Å². The molecule has 1 aromatic carbocycles. The van der Waals surface area contributed by atoms with Gasteiger partial charge in [0.25, 0.3) is 0 Å². The van der Waals surface area contributed by atoms with Crippen LogP contribution in [0, 0.1) is 17.6 Å². The van der Waals surface area contributed by atoms with E-state index in [1.807, 2.05) is 13.8 Å². The van der Waals surface area contributed by atoms with Gasteiger partial charge in [0.05, 0.1) is 19.1 Å². The van der Waals surface area contributed by atoms with Crippen molar-refractivity contribution in [3.05, 3.63) is 53.1 Å². The number of halogens is 2. The van der Waals surface area contributed by atoms with Crippen LogP contribution in [-0.4, -0.2) is 46.6 Å².